The van der Waals surface area contributed by atoms with Crippen LogP contribution in [0.4, 0.5) is 0 Å². The van der Waals surface area contributed by atoms with Gasteiger partial charge in [-0.25, -0.2) is 0 Å². The molecule has 0 aromatic heterocycles. The molecule has 1 aromatic rings. The highest BCUT2D eigenvalue weighted by molar-refractivity contribution is 6.31. The van der Waals surface area contributed by atoms with E-state index in [1.807, 2.05) is 18.2 Å². The van der Waals surface area contributed by atoms with Crippen molar-refractivity contribution in [2.24, 2.45) is 11.7 Å². The highest BCUT2D eigenvalue weighted by Crippen LogP contribution is 2.20. The summed E-state index contributed by atoms with van der Waals surface area (Å²) < 4.78 is 0. The van der Waals surface area contributed by atoms with Gasteiger partial charge in [-0.1, -0.05) is 50.1 Å². The fourth-order valence-electron chi connectivity index (χ4n) is 2.13. The van der Waals surface area contributed by atoms with Gasteiger partial charge in [-0.2, -0.15) is 0 Å². The van der Waals surface area contributed by atoms with Crippen molar-refractivity contribution in [2.45, 2.75) is 32.9 Å². The van der Waals surface area contributed by atoms with Crippen molar-refractivity contribution in [1.82, 2.24) is 4.90 Å². The van der Waals surface area contributed by atoms with Crippen LogP contribution in [-0.2, 0) is 6.54 Å². The van der Waals surface area contributed by atoms with E-state index >= 15 is 0 Å². The van der Waals surface area contributed by atoms with E-state index in [2.05, 4.69) is 31.9 Å². The van der Waals surface area contributed by atoms with E-state index < -0.39 is 0 Å². The predicted molar refractivity (Wildman–Crippen MR) is 75.2 cm³/mol. The van der Waals surface area contributed by atoms with E-state index in [1.165, 1.54) is 5.56 Å². The Morgan fingerprint density at radius 3 is 2.53 bits per heavy atom. The third-order valence-corrected chi connectivity index (χ3v) is 3.85. The Balaban J connectivity index is 2.70. The number of nitrogens with zero attached hydrogens (tertiary/aromatic N) is 1. The average Bonchev–Trinajstić information content (AvgIpc) is 2.32. The van der Waals surface area contributed by atoms with Gasteiger partial charge in [-0.15, -0.1) is 0 Å². The van der Waals surface area contributed by atoms with Crippen molar-refractivity contribution in [1.29, 1.82) is 0 Å². The zero-order chi connectivity index (χ0) is 12.8. The van der Waals surface area contributed by atoms with Gasteiger partial charge in [0.1, 0.15) is 0 Å². The number of likely N-dealkylation sites (N-methyl/N-ethyl adjacent to an activating group) is 1. The van der Waals surface area contributed by atoms with Crippen LogP contribution in [0.1, 0.15) is 25.8 Å². The van der Waals surface area contributed by atoms with Gasteiger partial charge >= 0.3 is 0 Å². The van der Waals surface area contributed by atoms with E-state index in [4.69, 9.17) is 17.3 Å². The highest BCUT2D eigenvalue weighted by atomic mass is 35.5. The van der Waals surface area contributed by atoms with Crippen LogP contribution in [0.2, 0.25) is 5.02 Å². The normalized spacial score (nSPS) is 14.9. The van der Waals surface area contributed by atoms with Gasteiger partial charge in [0.2, 0.25) is 0 Å². The quantitative estimate of drug-likeness (QED) is 0.845. The summed E-state index contributed by atoms with van der Waals surface area (Å²) in [7, 11) is 2.12. The average molecular weight is 255 g/mol. The number of nitrogens with two attached hydrogens (primary N) is 1. The molecule has 1 aromatic carbocycles. The van der Waals surface area contributed by atoms with Crippen LogP contribution in [0.5, 0.6) is 0 Å². The molecule has 2 nitrogen and oxygen atoms in total. The lowest BCUT2D eigenvalue weighted by atomic mass is 9.97. The summed E-state index contributed by atoms with van der Waals surface area (Å²) in [6.45, 7) is 6.00. The Morgan fingerprint density at radius 1 is 1.35 bits per heavy atom. The first-order valence-corrected chi connectivity index (χ1v) is 6.61. The molecule has 0 aliphatic rings. The smallest absolute Gasteiger partial charge is 0.0451 e. The second kappa shape index (κ2) is 7.00. The van der Waals surface area contributed by atoms with Gasteiger partial charge in [-0.3, -0.25) is 4.90 Å². The highest BCUT2D eigenvalue weighted by Gasteiger charge is 2.19. The number of hydrogen-bond donors (Lipinski definition) is 1. The van der Waals surface area contributed by atoms with Gasteiger partial charge in [0, 0.05) is 24.2 Å². The van der Waals surface area contributed by atoms with Gasteiger partial charge in [0.25, 0.3) is 0 Å². The molecular weight excluding hydrogens is 232 g/mol. The second-order valence-electron chi connectivity index (χ2n) is 4.70. The Kier molecular flexibility index (Phi) is 5.96. The molecule has 0 bridgehead atoms. The van der Waals surface area contributed by atoms with E-state index in [0.29, 0.717) is 18.5 Å². The molecule has 0 amide bonds. The maximum absolute atomic E-state index is 6.17. The van der Waals surface area contributed by atoms with Gasteiger partial charge < -0.3 is 5.73 Å². The zero-order valence-corrected chi connectivity index (χ0v) is 11.7. The van der Waals surface area contributed by atoms with E-state index in [-0.39, 0.29) is 0 Å². The summed E-state index contributed by atoms with van der Waals surface area (Å²) in [5.74, 6) is 0.604. The molecule has 0 heterocycles. The van der Waals surface area contributed by atoms with Crippen molar-refractivity contribution in [3.63, 3.8) is 0 Å². The van der Waals surface area contributed by atoms with Crippen molar-refractivity contribution < 1.29 is 0 Å². The van der Waals surface area contributed by atoms with E-state index in [1.54, 1.807) is 0 Å². The molecule has 0 aliphatic carbocycles. The Labute approximate surface area is 110 Å². The molecular formula is C14H23ClN2. The monoisotopic (exact) mass is 254 g/mol. The molecule has 2 atom stereocenters. The molecule has 96 valence electrons. The number of benzene rings is 1. The zero-order valence-electron chi connectivity index (χ0n) is 11.0. The third kappa shape index (κ3) is 3.98. The molecule has 0 fully saturated rings. The van der Waals surface area contributed by atoms with Crippen LogP contribution in [0.3, 0.4) is 0 Å². The molecule has 2 N–H and O–H groups in total. The van der Waals surface area contributed by atoms with Crippen molar-refractivity contribution in [3.05, 3.63) is 34.9 Å². The summed E-state index contributed by atoms with van der Waals surface area (Å²) in [6, 6.07) is 8.40. The number of hydrogen-bond acceptors (Lipinski definition) is 2. The molecule has 0 radical (unpaired) electrons. The Morgan fingerprint density at radius 2 is 2.00 bits per heavy atom. The van der Waals surface area contributed by atoms with E-state index in [9.17, 15) is 0 Å². The fourth-order valence-corrected chi connectivity index (χ4v) is 2.33. The van der Waals surface area contributed by atoms with Crippen LogP contribution < -0.4 is 5.73 Å². The molecule has 0 spiro atoms. The third-order valence-electron chi connectivity index (χ3n) is 3.49. The van der Waals surface area contributed by atoms with Gasteiger partial charge in [0.15, 0.2) is 0 Å². The molecule has 0 aliphatic heterocycles. The lowest BCUT2D eigenvalue weighted by molar-refractivity contribution is 0.178. The summed E-state index contributed by atoms with van der Waals surface area (Å²) in [5.41, 5.74) is 7.03. The van der Waals surface area contributed by atoms with Crippen LogP contribution in [0, 0.1) is 5.92 Å². The fraction of sp³-hybridized carbons (Fsp3) is 0.571. The van der Waals surface area contributed by atoms with Crippen LogP contribution >= 0.6 is 11.6 Å². The lowest BCUT2D eigenvalue weighted by Gasteiger charge is -2.31. The maximum Gasteiger partial charge on any atom is 0.0451 e. The molecule has 3 heteroatoms. The van der Waals surface area contributed by atoms with Crippen LogP contribution in [0.15, 0.2) is 24.3 Å². The number of rotatable bonds is 6. The Hall–Kier alpha value is -0.570. The Bertz CT molecular complexity index is 341. The lowest BCUT2D eigenvalue weighted by Crippen LogP contribution is -2.42. The second-order valence-corrected chi connectivity index (χ2v) is 5.10. The maximum atomic E-state index is 6.17. The minimum atomic E-state index is 0.413. The van der Waals surface area contributed by atoms with Gasteiger partial charge in [0.05, 0.1) is 0 Å². The molecule has 2 unspecified atom stereocenters. The minimum absolute atomic E-state index is 0.413. The molecule has 0 saturated carbocycles. The molecule has 17 heavy (non-hydrogen) atoms. The first-order chi connectivity index (χ1) is 8.10. The topological polar surface area (TPSA) is 29.3 Å². The minimum Gasteiger partial charge on any atom is -0.329 e. The SMILES string of the molecule is CCC(C)C(CN)N(C)Cc1ccccc1Cl. The molecule has 0 saturated heterocycles. The predicted octanol–water partition coefficient (Wildman–Crippen LogP) is 3.15. The summed E-state index contributed by atoms with van der Waals surface area (Å²) in [4.78, 5) is 2.30. The van der Waals surface area contributed by atoms with Crippen molar-refractivity contribution in [3.8, 4) is 0 Å². The molecule has 1 rings (SSSR count). The largest absolute Gasteiger partial charge is 0.329 e. The number of halogens is 1. The van der Waals surface area contributed by atoms with Crippen molar-refractivity contribution >= 4 is 11.6 Å². The van der Waals surface area contributed by atoms with Crippen LogP contribution in [0.25, 0.3) is 0 Å². The summed E-state index contributed by atoms with van der Waals surface area (Å²) >= 11 is 6.17. The summed E-state index contributed by atoms with van der Waals surface area (Å²) in [5, 5.41) is 0.833. The summed E-state index contributed by atoms with van der Waals surface area (Å²) in [6.07, 6.45) is 1.15. The van der Waals surface area contributed by atoms with Gasteiger partial charge in [-0.05, 0) is 24.6 Å². The first kappa shape index (κ1) is 14.5. The first-order valence-electron chi connectivity index (χ1n) is 6.23. The van der Waals surface area contributed by atoms with Crippen molar-refractivity contribution in [2.75, 3.05) is 13.6 Å². The standard InChI is InChI=1S/C14H23ClN2/c1-4-11(2)14(9-16)17(3)10-12-7-5-6-8-13(12)15/h5-8,11,14H,4,9-10,16H2,1-3H3. The van der Waals surface area contributed by atoms with Crippen LogP contribution in [-0.4, -0.2) is 24.5 Å². The van der Waals surface area contributed by atoms with E-state index in [0.717, 1.165) is 18.0 Å².